The first-order valence-corrected chi connectivity index (χ1v) is 4.25. The summed E-state index contributed by atoms with van der Waals surface area (Å²) in [5.41, 5.74) is 0.632. The van der Waals surface area contributed by atoms with Crippen molar-refractivity contribution >= 4 is 18.0 Å². The molecule has 1 fully saturated rings. The molecular formula is C10H7FN2O2. The van der Waals surface area contributed by atoms with Crippen LogP contribution in [0, 0.1) is 5.82 Å². The standard InChI is InChI=1S/C10H7FN2O2/c11-7-3-1-2-6(4-7)5-8-9(14)13-10(15)12-8/h1-5H,(H2,12,13,14,15)/b8-5+. The molecule has 0 aromatic heterocycles. The molecular weight excluding hydrogens is 199 g/mol. The number of halogens is 1. The zero-order valence-corrected chi connectivity index (χ0v) is 7.58. The highest BCUT2D eigenvalue weighted by atomic mass is 19.1. The van der Waals surface area contributed by atoms with Crippen molar-refractivity contribution in [2.45, 2.75) is 0 Å². The van der Waals surface area contributed by atoms with Crippen LogP contribution in [0.1, 0.15) is 5.56 Å². The molecule has 3 amide bonds. The van der Waals surface area contributed by atoms with Gasteiger partial charge in [-0.2, -0.15) is 0 Å². The maximum Gasteiger partial charge on any atom is 0.326 e. The van der Waals surface area contributed by atoms with Crippen molar-refractivity contribution in [3.05, 3.63) is 41.3 Å². The van der Waals surface area contributed by atoms with Gasteiger partial charge in [0.15, 0.2) is 0 Å². The van der Waals surface area contributed by atoms with Crippen molar-refractivity contribution in [1.82, 2.24) is 10.6 Å². The third kappa shape index (κ3) is 2.01. The van der Waals surface area contributed by atoms with E-state index in [4.69, 9.17) is 0 Å². The summed E-state index contributed by atoms with van der Waals surface area (Å²) < 4.78 is 12.8. The van der Waals surface area contributed by atoms with Gasteiger partial charge in [0.25, 0.3) is 5.91 Å². The quantitative estimate of drug-likeness (QED) is 0.532. The number of amides is 3. The zero-order valence-electron chi connectivity index (χ0n) is 7.58. The highest BCUT2D eigenvalue weighted by molar-refractivity contribution is 6.13. The van der Waals surface area contributed by atoms with E-state index in [1.54, 1.807) is 6.07 Å². The Kier molecular flexibility index (Phi) is 2.21. The fraction of sp³-hybridized carbons (Fsp3) is 0. The molecule has 0 radical (unpaired) electrons. The van der Waals surface area contributed by atoms with Crippen molar-refractivity contribution in [2.75, 3.05) is 0 Å². The SMILES string of the molecule is O=C1NC(=O)/C(=C\c2cccc(F)c2)N1. The predicted molar refractivity (Wildman–Crippen MR) is 51.1 cm³/mol. The topological polar surface area (TPSA) is 58.2 Å². The fourth-order valence-corrected chi connectivity index (χ4v) is 1.25. The van der Waals surface area contributed by atoms with Crippen molar-refractivity contribution in [3.8, 4) is 0 Å². The van der Waals surface area contributed by atoms with Gasteiger partial charge in [0.2, 0.25) is 0 Å². The van der Waals surface area contributed by atoms with Gasteiger partial charge in [-0.05, 0) is 23.8 Å². The number of hydrogen-bond donors (Lipinski definition) is 2. The van der Waals surface area contributed by atoms with Crippen molar-refractivity contribution < 1.29 is 14.0 Å². The van der Waals surface area contributed by atoms with Gasteiger partial charge in [0.1, 0.15) is 11.5 Å². The van der Waals surface area contributed by atoms with Gasteiger partial charge < -0.3 is 5.32 Å². The van der Waals surface area contributed by atoms with Crippen LogP contribution in [0.2, 0.25) is 0 Å². The van der Waals surface area contributed by atoms with Crippen molar-refractivity contribution in [1.29, 1.82) is 0 Å². The molecule has 0 bridgehead atoms. The van der Waals surface area contributed by atoms with Crippen LogP contribution in [0.5, 0.6) is 0 Å². The third-order valence-electron chi connectivity index (χ3n) is 1.88. The lowest BCUT2D eigenvalue weighted by molar-refractivity contribution is -0.115. The molecule has 0 spiro atoms. The van der Waals surface area contributed by atoms with E-state index in [9.17, 15) is 14.0 Å². The number of urea groups is 1. The second-order valence-electron chi connectivity index (χ2n) is 3.02. The molecule has 2 rings (SSSR count). The molecule has 0 aliphatic carbocycles. The Morgan fingerprint density at radius 3 is 2.60 bits per heavy atom. The average Bonchev–Trinajstić information content (AvgIpc) is 2.45. The fourth-order valence-electron chi connectivity index (χ4n) is 1.25. The minimum absolute atomic E-state index is 0.116. The third-order valence-corrected chi connectivity index (χ3v) is 1.88. The first kappa shape index (κ1) is 9.39. The molecule has 1 aromatic carbocycles. The Morgan fingerprint density at radius 1 is 1.20 bits per heavy atom. The number of rotatable bonds is 1. The van der Waals surface area contributed by atoms with Gasteiger partial charge >= 0.3 is 6.03 Å². The average molecular weight is 206 g/mol. The largest absolute Gasteiger partial charge is 0.326 e. The highest BCUT2D eigenvalue weighted by Gasteiger charge is 2.22. The lowest BCUT2D eigenvalue weighted by atomic mass is 10.2. The maximum atomic E-state index is 12.8. The first-order chi connectivity index (χ1) is 7.15. The molecule has 1 aromatic rings. The normalized spacial score (nSPS) is 17.8. The molecule has 4 nitrogen and oxygen atoms in total. The minimum atomic E-state index is -0.567. The van der Waals surface area contributed by atoms with E-state index in [0.717, 1.165) is 0 Å². The second-order valence-corrected chi connectivity index (χ2v) is 3.02. The number of imide groups is 1. The van der Waals surface area contributed by atoms with Crippen LogP contribution >= 0.6 is 0 Å². The van der Waals surface area contributed by atoms with Crippen LogP contribution in [0.3, 0.4) is 0 Å². The van der Waals surface area contributed by atoms with Gasteiger partial charge in [-0.1, -0.05) is 12.1 Å². The molecule has 1 aliphatic heterocycles. The summed E-state index contributed by atoms with van der Waals surface area (Å²) in [5, 5.41) is 4.36. The Balaban J connectivity index is 2.31. The van der Waals surface area contributed by atoms with E-state index in [0.29, 0.717) is 5.56 Å². The molecule has 1 saturated heterocycles. The number of carbonyl (C=O) groups is 2. The molecule has 1 heterocycles. The summed E-state index contributed by atoms with van der Waals surface area (Å²) in [4.78, 5) is 21.9. The van der Waals surface area contributed by atoms with E-state index in [1.807, 2.05) is 0 Å². The Labute approximate surface area is 84.8 Å². The van der Waals surface area contributed by atoms with Gasteiger partial charge in [-0.3, -0.25) is 10.1 Å². The summed E-state index contributed by atoms with van der Waals surface area (Å²) in [6.07, 6.45) is 1.41. The van der Waals surface area contributed by atoms with E-state index >= 15 is 0 Å². The van der Waals surface area contributed by atoms with Crippen molar-refractivity contribution in [2.24, 2.45) is 0 Å². The number of carbonyl (C=O) groups excluding carboxylic acids is 2. The van der Waals surface area contributed by atoms with Crippen LogP contribution < -0.4 is 10.6 Å². The van der Waals surface area contributed by atoms with Crippen LogP contribution in [-0.2, 0) is 4.79 Å². The summed E-state index contributed by atoms with van der Waals surface area (Å²) in [7, 11) is 0. The van der Waals surface area contributed by atoms with Crippen LogP contribution in [0.15, 0.2) is 30.0 Å². The minimum Gasteiger partial charge on any atom is -0.303 e. The molecule has 0 unspecified atom stereocenters. The molecule has 0 atom stereocenters. The van der Waals surface area contributed by atoms with Crippen molar-refractivity contribution in [3.63, 3.8) is 0 Å². The van der Waals surface area contributed by atoms with E-state index in [2.05, 4.69) is 10.6 Å². The van der Waals surface area contributed by atoms with Crippen LogP contribution in [0.25, 0.3) is 6.08 Å². The zero-order chi connectivity index (χ0) is 10.8. The van der Waals surface area contributed by atoms with Gasteiger partial charge in [0, 0.05) is 0 Å². The number of benzene rings is 1. The monoisotopic (exact) mass is 206 g/mol. The smallest absolute Gasteiger partial charge is 0.303 e. The van der Waals surface area contributed by atoms with Gasteiger partial charge in [-0.15, -0.1) is 0 Å². The molecule has 15 heavy (non-hydrogen) atoms. The first-order valence-electron chi connectivity index (χ1n) is 4.25. The number of hydrogen-bond acceptors (Lipinski definition) is 2. The summed E-state index contributed by atoms with van der Waals surface area (Å²) in [6.45, 7) is 0. The van der Waals surface area contributed by atoms with Gasteiger partial charge in [-0.25, -0.2) is 9.18 Å². The van der Waals surface area contributed by atoms with Gasteiger partial charge in [0.05, 0.1) is 0 Å². The summed E-state index contributed by atoms with van der Waals surface area (Å²) in [5.74, 6) is -0.904. The lowest BCUT2D eigenvalue weighted by Gasteiger charge is -1.95. The van der Waals surface area contributed by atoms with Crippen LogP contribution in [0.4, 0.5) is 9.18 Å². The predicted octanol–water partition coefficient (Wildman–Crippen LogP) is 1.01. The summed E-state index contributed by atoms with van der Waals surface area (Å²) >= 11 is 0. The van der Waals surface area contributed by atoms with Crippen LogP contribution in [-0.4, -0.2) is 11.9 Å². The Morgan fingerprint density at radius 2 is 2.00 bits per heavy atom. The van der Waals surface area contributed by atoms with E-state index in [1.165, 1.54) is 24.3 Å². The molecule has 76 valence electrons. The lowest BCUT2D eigenvalue weighted by Crippen LogP contribution is -2.22. The second kappa shape index (κ2) is 3.53. The van der Waals surface area contributed by atoms with E-state index < -0.39 is 17.8 Å². The van der Waals surface area contributed by atoms with E-state index in [-0.39, 0.29) is 5.70 Å². The molecule has 1 aliphatic rings. The molecule has 2 N–H and O–H groups in total. The maximum absolute atomic E-state index is 12.8. The molecule has 0 saturated carbocycles. The Bertz CT molecular complexity index is 468. The molecule has 5 heteroatoms. The summed E-state index contributed by atoms with van der Waals surface area (Å²) in [6, 6.07) is 5.16. The number of nitrogens with one attached hydrogen (secondary N) is 2. The highest BCUT2D eigenvalue weighted by Crippen LogP contribution is 2.09. The Hall–Kier alpha value is -2.17.